The number of carbonyl (C=O) groups is 4. The van der Waals surface area contributed by atoms with Crippen LogP contribution in [0.25, 0.3) is 0 Å². The van der Waals surface area contributed by atoms with Gasteiger partial charge in [-0.05, 0) is 31.6 Å². The Kier molecular flexibility index (Phi) is 70.6. The molecule has 2 unspecified atom stereocenters. The molecule has 98 heavy (non-hydrogen) atoms. The second-order valence-electron chi connectivity index (χ2n) is 28.9. The van der Waals surface area contributed by atoms with Crippen LogP contribution in [0.4, 0.5) is 0 Å². The van der Waals surface area contributed by atoms with E-state index in [0.29, 0.717) is 25.7 Å². The predicted octanol–water partition coefficient (Wildman–Crippen LogP) is 23.6. The third-order valence-electron chi connectivity index (χ3n) is 18.5. The summed E-state index contributed by atoms with van der Waals surface area (Å²) in [5.41, 5.74) is 0. The molecule has 582 valence electrons. The molecule has 19 heteroatoms. The topological polar surface area (TPSA) is 237 Å². The van der Waals surface area contributed by atoms with Crippen molar-refractivity contribution in [2.45, 2.75) is 438 Å². The number of ether oxygens (including phenoxy) is 4. The molecule has 0 rings (SSSR count). The number of unbranched alkanes of at least 4 members (excludes halogenated alkanes) is 51. The molecule has 0 radical (unpaired) electrons. The SMILES string of the molecule is CCCCCCCCCCCCCCCCCCCC(=O)OC[C@H](COP(=O)(O)OC[C@@H](O)COP(=O)(O)OC[C@@H](COC(=O)CCCCCCCCCCCCC)OC(=O)CCCCCCCCCCCCCCC)OC(=O)CCCCCCCCCCCCCCCCC(C)C. The minimum absolute atomic E-state index is 0.108. The monoisotopic (exact) mass is 1440 g/mol. The van der Waals surface area contributed by atoms with E-state index in [2.05, 4.69) is 34.6 Å². The lowest BCUT2D eigenvalue weighted by Crippen LogP contribution is -2.30. The molecule has 17 nitrogen and oxygen atoms in total. The van der Waals surface area contributed by atoms with Gasteiger partial charge in [0.05, 0.1) is 26.4 Å². The van der Waals surface area contributed by atoms with Gasteiger partial charge in [-0.1, -0.05) is 369 Å². The van der Waals surface area contributed by atoms with E-state index in [0.717, 1.165) is 95.8 Å². The molecule has 0 spiro atoms. The maximum atomic E-state index is 13.1. The first-order valence-electron chi connectivity index (χ1n) is 41.1. The summed E-state index contributed by atoms with van der Waals surface area (Å²) in [5.74, 6) is -1.31. The third kappa shape index (κ3) is 72.4. The molecule has 0 fully saturated rings. The number of aliphatic hydroxyl groups is 1. The molecule has 3 N–H and O–H groups in total. The van der Waals surface area contributed by atoms with Gasteiger partial charge < -0.3 is 33.8 Å². The van der Waals surface area contributed by atoms with E-state index >= 15 is 0 Å². The fourth-order valence-electron chi connectivity index (χ4n) is 12.2. The van der Waals surface area contributed by atoms with Crippen molar-refractivity contribution in [1.82, 2.24) is 0 Å². The predicted molar refractivity (Wildman–Crippen MR) is 400 cm³/mol. The lowest BCUT2D eigenvalue weighted by atomic mass is 10.0. The first-order valence-corrected chi connectivity index (χ1v) is 44.1. The molecule has 0 heterocycles. The van der Waals surface area contributed by atoms with Gasteiger partial charge in [-0.2, -0.15) is 0 Å². The second kappa shape index (κ2) is 72.0. The molecule has 0 saturated heterocycles. The van der Waals surface area contributed by atoms with Gasteiger partial charge in [-0.25, -0.2) is 9.13 Å². The van der Waals surface area contributed by atoms with Crippen molar-refractivity contribution in [2.24, 2.45) is 5.92 Å². The zero-order valence-corrected chi connectivity index (χ0v) is 65.7. The highest BCUT2D eigenvalue weighted by atomic mass is 31.2. The van der Waals surface area contributed by atoms with Crippen LogP contribution in [0.2, 0.25) is 0 Å². The standard InChI is InChI=1S/C79H154O17P2/c1-6-9-12-15-18-21-24-26-27-28-29-34-38-43-48-53-58-63-77(82)90-69-75(96-79(84)65-60-55-50-45-40-35-31-30-33-37-41-46-51-56-61-72(4)5)71-94-98(87,88)92-67-73(80)66-91-97(85,86)93-70-74(68-89-76(81)62-57-52-47-42-36-23-20-17-14-11-8-3)95-78(83)64-59-54-49-44-39-32-25-22-19-16-13-10-7-2/h72-75,80H,6-71H2,1-5H3,(H,85,86)(H,87,88)/t73-,74+,75+/m0/s1. The van der Waals surface area contributed by atoms with Gasteiger partial charge in [-0.3, -0.25) is 37.3 Å². The van der Waals surface area contributed by atoms with Crippen LogP contribution in [-0.2, 0) is 65.4 Å². The summed E-state index contributed by atoms with van der Waals surface area (Å²) in [6.45, 7) is 7.34. The Bertz CT molecular complexity index is 1870. The fourth-order valence-corrected chi connectivity index (χ4v) is 13.8. The van der Waals surface area contributed by atoms with Crippen LogP contribution in [0, 0.1) is 5.92 Å². The summed E-state index contributed by atoms with van der Waals surface area (Å²) < 4.78 is 68.7. The molecule has 0 aromatic carbocycles. The van der Waals surface area contributed by atoms with E-state index < -0.39 is 97.5 Å². The summed E-state index contributed by atoms with van der Waals surface area (Å²) in [7, 11) is -9.91. The maximum absolute atomic E-state index is 13.1. The number of esters is 4. The highest BCUT2D eigenvalue weighted by Gasteiger charge is 2.30. The van der Waals surface area contributed by atoms with E-state index in [9.17, 15) is 43.2 Å². The Balaban J connectivity index is 5.25. The van der Waals surface area contributed by atoms with Crippen molar-refractivity contribution in [1.29, 1.82) is 0 Å². The molecule has 5 atom stereocenters. The van der Waals surface area contributed by atoms with E-state index in [1.54, 1.807) is 0 Å². The first kappa shape index (κ1) is 96.1. The summed E-state index contributed by atoms with van der Waals surface area (Å²) >= 11 is 0. The van der Waals surface area contributed by atoms with Crippen LogP contribution in [0.1, 0.15) is 420 Å². The number of rotatable bonds is 79. The van der Waals surface area contributed by atoms with Crippen molar-refractivity contribution >= 4 is 39.5 Å². The third-order valence-corrected chi connectivity index (χ3v) is 20.4. The van der Waals surface area contributed by atoms with E-state index in [1.165, 1.54) is 244 Å². The lowest BCUT2D eigenvalue weighted by molar-refractivity contribution is -0.161. The largest absolute Gasteiger partial charge is 0.472 e. The molecule has 0 aliphatic carbocycles. The summed E-state index contributed by atoms with van der Waals surface area (Å²) in [6, 6.07) is 0. The Morgan fingerprint density at radius 3 is 0.694 bits per heavy atom. The highest BCUT2D eigenvalue weighted by Crippen LogP contribution is 2.45. The van der Waals surface area contributed by atoms with Gasteiger partial charge >= 0.3 is 39.5 Å². The van der Waals surface area contributed by atoms with Crippen molar-refractivity contribution in [3.05, 3.63) is 0 Å². The number of aliphatic hydroxyl groups excluding tert-OH is 1. The van der Waals surface area contributed by atoms with Gasteiger partial charge in [0.15, 0.2) is 12.2 Å². The first-order chi connectivity index (χ1) is 47.5. The van der Waals surface area contributed by atoms with Crippen LogP contribution in [0.15, 0.2) is 0 Å². The quantitative estimate of drug-likeness (QED) is 0.0222. The molecule has 0 bridgehead atoms. The summed E-state index contributed by atoms with van der Waals surface area (Å²) in [6.07, 6.45) is 62.2. The number of phosphoric ester groups is 2. The van der Waals surface area contributed by atoms with Crippen molar-refractivity contribution in [3.63, 3.8) is 0 Å². The van der Waals surface area contributed by atoms with Gasteiger partial charge in [-0.15, -0.1) is 0 Å². The number of hydrogen-bond donors (Lipinski definition) is 3. The van der Waals surface area contributed by atoms with Crippen LogP contribution < -0.4 is 0 Å². The van der Waals surface area contributed by atoms with Crippen LogP contribution in [-0.4, -0.2) is 96.7 Å². The van der Waals surface area contributed by atoms with Crippen molar-refractivity contribution < 1.29 is 80.2 Å². The van der Waals surface area contributed by atoms with E-state index in [1.807, 2.05) is 0 Å². The zero-order valence-electron chi connectivity index (χ0n) is 63.9. The van der Waals surface area contributed by atoms with Gasteiger partial charge in [0.1, 0.15) is 19.3 Å². The summed E-state index contributed by atoms with van der Waals surface area (Å²) in [4.78, 5) is 73.0. The van der Waals surface area contributed by atoms with Gasteiger partial charge in [0.2, 0.25) is 0 Å². The fraction of sp³-hybridized carbons (Fsp3) is 0.949. The molecule has 0 aliphatic rings. The normalized spacial score (nSPS) is 13.9. The average Bonchev–Trinajstić information content (AvgIpc) is 1.10. The van der Waals surface area contributed by atoms with Crippen molar-refractivity contribution in [2.75, 3.05) is 39.6 Å². The Morgan fingerprint density at radius 2 is 0.469 bits per heavy atom. The van der Waals surface area contributed by atoms with Crippen LogP contribution in [0.5, 0.6) is 0 Å². The van der Waals surface area contributed by atoms with E-state index in [4.69, 9.17) is 37.0 Å². The Morgan fingerprint density at radius 1 is 0.276 bits per heavy atom. The maximum Gasteiger partial charge on any atom is 0.472 e. The molecule has 0 saturated carbocycles. The minimum Gasteiger partial charge on any atom is -0.462 e. The molecule has 0 amide bonds. The van der Waals surface area contributed by atoms with Crippen LogP contribution in [0.3, 0.4) is 0 Å². The minimum atomic E-state index is -4.96. The smallest absolute Gasteiger partial charge is 0.462 e. The Labute approximate surface area is 600 Å². The van der Waals surface area contributed by atoms with E-state index in [-0.39, 0.29) is 25.7 Å². The molecule has 0 aliphatic heterocycles. The second-order valence-corrected chi connectivity index (χ2v) is 31.8. The average molecular weight is 1440 g/mol. The Hall–Kier alpha value is -1.94. The molecular formula is C79H154O17P2. The van der Waals surface area contributed by atoms with Crippen LogP contribution >= 0.6 is 15.6 Å². The lowest BCUT2D eigenvalue weighted by Gasteiger charge is -2.21. The summed E-state index contributed by atoms with van der Waals surface area (Å²) in [5, 5.41) is 10.6. The number of phosphoric acid groups is 2. The highest BCUT2D eigenvalue weighted by molar-refractivity contribution is 7.47. The number of carbonyl (C=O) groups excluding carboxylic acids is 4. The molecule has 0 aromatic rings. The zero-order chi connectivity index (χ0) is 71.9. The number of hydrogen-bond acceptors (Lipinski definition) is 15. The van der Waals surface area contributed by atoms with Gasteiger partial charge in [0, 0.05) is 25.7 Å². The molecule has 0 aromatic heterocycles. The van der Waals surface area contributed by atoms with Crippen molar-refractivity contribution in [3.8, 4) is 0 Å². The molecular weight excluding hydrogens is 1280 g/mol. The van der Waals surface area contributed by atoms with Gasteiger partial charge in [0.25, 0.3) is 0 Å².